The van der Waals surface area contributed by atoms with Crippen molar-refractivity contribution in [2.45, 2.75) is 19.8 Å². The average Bonchev–Trinajstić information content (AvgIpc) is 3.09. The largest absolute Gasteiger partial charge is 0.326 e. The molecule has 0 atom stereocenters. The van der Waals surface area contributed by atoms with Gasteiger partial charge >= 0.3 is 0 Å². The number of thiazole rings is 1. The van der Waals surface area contributed by atoms with Crippen LogP contribution in [0.1, 0.15) is 23.2 Å². The van der Waals surface area contributed by atoms with Gasteiger partial charge in [-0.2, -0.15) is 5.26 Å². The zero-order chi connectivity index (χ0) is 17.6. The highest BCUT2D eigenvalue weighted by Gasteiger charge is 2.08. The normalized spacial score (nSPS) is 10.2. The molecule has 0 aliphatic carbocycles. The highest BCUT2D eigenvalue weighted by Crippen LogP contribution is 2.25. The van der Waals surface area contributed by atoms with Gasteiger partial charge in [0.15, 0.2) is 0 Å². The van der Waals surface area contributed by atoms with Gasteiger partial charge in [-0.25, -0.2) is 4.98 Å². The van der Waals surface area contributed by atoms with Gasteiger partial charge in [0.05, 0.1) is 17.3 Å². The SMILES string of the molecule is Cc1cccc(-c2nc(CCC(=O)Nc3cccc(C#N)c3)cs2)c1. The van der Waals surface area contributed by atoms with Crippen molar-refractivity contribution in [1.29, 1.82) is 5.26 Å². The molecule has 0 bridgehead atoms. The van der Waals surface area contributed by atoms with Crippen molar-refractivity contribution < 1.29 is 4.79 Å². The lowest BCUT2D eigenvalue weighted by atomic mass is 10.1. The van der Waals surface area contributed by atoms with Crippen LogP contribution >= 0.6 is 11.3 Å². The van der Waals surface area contributed by atoms with E-state index in [4.69, 9.17) is 5.26 Å². The van der Waals surface area contributed by atoms with E-state index in [0.29, 0.717) is 24.1 Å². The van der Waals surface area contributed by atoms with Crippen LogP contribution in [0.2, 0.25) is 0 Å². The summed E-state index contributed by atoms with van der Waals surface area (Å²) in [5.41, 5.74) is 4.40. The van der Waals surface area contributed by atoms with Crippen LogP contribution in [0.3, 0.4) is 0 Å². The molecule has 0 radical (unpaired) electrons. The number of carbonyl (C=O) groups is 1. The number of aryl methyl sites for hydroxylation is 2. The molecule has 1 amide bonds. The number of hydrogen-bond donors (Lipinski definition) is 1. The zero-order valence-corrected chi connectivity index (χ0v) is 14.6. The second kappa shape index (κ2) is 7.73. The monoisotopic (exact) mass is 347 g/mol. The Balaban J connectivity index is 1.58. The minimum atomic E-state index is -0.0832. The first-order chi connectivity index (χ1) is 12.1. The van der Waals surface area contributed by atoms with E-state index in [-0.39, 0.29) is 5.91 Å². The van der Waals surface area contributed by atoms with Gasteiger partial charge in [0, 0.05) is 23.1 Å². The second-order valence-electron chi connectivity index (χ2n) is 5.75. The lowest BCUT2D eigenvalue weighted by Crippen LogP contribution is -2.12. The Bertz CT molecular complexity index is 940. The lowest BCUT2D eigenvalue weighted by molar-refractivity contribution is -0.116. The molecule has 4 nitrogen and oxygen atoms in total. The molecular weight excluding hydrogens is 330 g/mol. The van der Waals surface area contributed by atoms with Crippen LogP contribution in [0.25, 0.3) is 10.6 Å². The van der Waals surface area contributed by atoms with Gasteiger partial charge in [-0.15, -0.1) is 11.3 Å². The highest BCUT2D eigenvalue weighted by atomic mass is 32.1. The van der Waals surface area contributed by atoms with E-state index in [1.165, 1.54) is 5.56 Å². The molecule has 0 aliphatic heterocycles. The number of nitrogens with zero attached hydrogens (tertiary/aromatic N) is 2. The Morgan fingerprint density at radius 3 is 2.88 bits per heavy atom. The van der Waals surface area contributed by atoms with Crippen molar-refractivity contribution in [2.75, 3.05) is 5.32 Å². The molecule has 0 fully saturated rings. The van der Waals surface area contributed by atoms with E-state index < -0.39 is 0 Å². The molecule has 1 heterocycles. The Morgan fingerprint density at radius 2 is 2.08 bits per heavy atom. The maximum Gasteiger partial charge on any atom is 0.224 e. The van der Waals surface area contributed by atoms with Crippen molar-refractivity contribution in [3.63, 3.8) is 0 Å². The van der Waals surface area contributed by atoms with Gasteiger partial charge in [-0.3, -0.25) is 4.79 Å². The molecule has 3 aromatic rings. The van der Waals surface area contributed by atoms with Crippen LogP contribution in [-0.4, -0.2) is 10.9 Å². The van der Waals surface area contributed by atoms with Crippen LogP contribution in [0, 0.1) is 18.3 Å². The van der Waals surface area contributed by atoms with Gasteiger partial charge < -0.3 is 5.32 Å². The number of carbonyl (C=O) groups excluding carboxylic acids is 1. The molecule has 2 aromatic carbocycles. The second-order valence-corrected chi connectivity index (χ2v) is 6.61. The summed E-state index contributed by atoms with van der Waals surface area (Å²) in [6.07, 6.45) is 0.944. The van der Waals surface area contributed by atoms with E-state index in [0.717, 1.165) is 16.3 Å². The molecule has 0 aliphatic rings. The molecule has 3 rings (SSSR count). The summed E-state index contributed by atoms with van der Waals surface area (Å²) in [5.74, 6) is -0.0832. The van der Waals surface area contributed by atoms with Crippen molar-refractivity contribution in [3.8, 4) is 16.6 Å². The van der Waals surface area contributed by atoms with Crippen LogP contribution in [-0.2, 0) is 11.2 Å². The van der Waals surface area contributed by atoms with Gasteiger partial charge in [0.2, 0.25) is 5.91 Å². The minimum absolute atomic E-state index is 0.0832. The van der Waals surface area contributed by atoms with Crippen LogP contribution in [0.15, 0.2) is 53.9 Å². The summed E-state index contributed by atoms with van der Waals surface area (Å²) < 4.78 is 0. The van der Waals surface area contributed by atoms with Crippen molar-refractivity contribution in [2.24, 2.45) is 0 Å². The van der Waals surface area contributed by atoms with Crippen LogP contribution < -0.4 is 5.32 Å². The molecular formula is C20H17N3OS. The third-order valence-corrected chi connectivity index (χ3v) is 4.64. The van der Waals surface area contributed by atoms with Gasteiger partial charge in [0.25, 0.3) is 0 Å². The van der Waals surface area contributed by atoms with Crippen molar-refractivity contribution in [1.82, 2.24) is 4.98 Å². The maximum atomic E-state index is 12.1. The molecule has 1 N–H and O–H groups in total. The van der Waals surface area contributed by atoms with E-state index in [2.05, 4.69) is 35.4 Å². The zero-order valence-electron chi connectivity index (χ0n) is 13.8. The number of hydrogen-bond acceptors (Lipinski definition) is 4. The van der Waals surface area contributed by atoms with Gasteiger partial charge in [-0.05, 0) is 37.6 Å². The topological polar surface area (TPSA) is 65.8 Å². The number of benzene rings is 2. The van der Waals surface area contributed by atoms with Gasteiger partial charge in [-0.1, -0.05) is 29.8 Å². The van der Waals surface area contributed by atoms with Crippen LogP contribution in [0.5, 0.6) is 0 Å². The minimum Gasteiger partial charge on any atom is -0.326 e. The Labute approximate surface area is 150 Å². The molecule has 0 spiro atoms. The summed E-state index contributed by atoms with van der Waals surface area (Å²) in [5, 5.41) is 14.7. The fourth-order valence-corrected chi connectivity index (χ4v) is 3.32. The highest BCUT2D eigenvalue weighted by molar-refractivity contribution is 7.13. The lowest BCUT2D eigenvalue weighted by Gasteiger charge is -2.04. The van der Waals surface area contributed by atoms with Crippen molar-refractivity contribution in [3.05, 3.63) is 70.7 Å². The third-order valence-electron chi connectivity index (χ3n) is 3.70. The Hall–Kier alpha value is -2.97. The van der Waals surface area contributed by atoms with Crippen molar-refractivity contribution >= 4 is 22.9 Å². The maximum absolute atomic E-state index is 12.1. The molecule has 0 saturated heterocycles. The summed E-state index contributed by atoms with van der Waals surface area (Å²) in [4.78, 5) is 16.7. The molecule has 1 aromatic heterocycles. The summed E-state index contributed by atoms with van der Waals surface area (Å²) in [6, 6.07) is 17.2. The standard InChI is InChI=1S/C20H17N3OS/c1-14-4-2-6-16(10-14)20-23-18(13-25-20)8-9-19(24)22-17-7-3-5-15(11-17)12-21/h2-7,10-11,13H,8-9H2,1H3,(H,22,24). The average molecular weight is 347 g/mol. The fourth-order valence-electron chi connectivity index (χ4n) is 2.46. The number of nitriles is 1. The quantitative estimate of drug-likeness (QED) is 0.735. The predicted octanol–water partition coefficient (Wildman–Crippen LogP) is 4.56. The summed E-state index contributed by atoms with van der Waals surface area (Å²) in [6.45, 7) is 2.06. The number of amides is 1. The molecule has 124 valence electrons. The first-order valence-electron chi connectivity index (χ1n) is 7.95. The number of rotatable bonds is 5. The van der Waals surface area contributed by atoms with E-state index in [1.54, 1.807) is 35.6 Å². The number of aromatic nitrogens is 1. The van der Waals surface area contributed by atoms with E-state index >= 15 is 0 Å². The smallest absolute Gasteiger partial charge is 0.224 e. The summed E-state index contributed by atoms with van der Waals surface area (Å²) in [7, 11) is 0. The summed E-state index contributed by atoms with van der Waals surface area (Å²) >= 11 is 1.59. The fraction of sp³-hybridized carbons (Fsp3) is 0.150. The predicted molar refractivity (Wildman–Crippen MR) is 100 cm³/mol. The number of nitrogens with one attached hydrogen (secondary N) is 1. The first-order valence-corrected chi connectivity index (χ1v) is 8.83. The Morgan fingerprint density at radius 1 is 1.24 bits per heavy atom. The molecule has 0 unspecified atom stereocenters. The Kier molecular flexibility index (Phi) is 5.22. The molecule has 25 heavy (non-hydrogen) atoms. The third kappa shape index (κ3) is 4.52. The first kappa shape index (κ1) is 16.9. The van der Waals surface area contributed by atoms with E-state index in [9.17, 15) is 4.79 Å². The van der Waals surface area contributed by atoms with Crippen LogP contribution in [0.4, 0.5) is 5.69 Å². The molecule has 5 heteroatoms. The number of anilines is 1. The molecule has 0 saturated carbocycles. The van der Waals surface area contributed by atoms with Gasteiger partial charge in [0.1, 0.15) is 5.01 Å². The van der Waals surface area contributed by atoms with E-state index in [1.807, 2.05) is 17.5 Å².